The van der Waals surface area contributed by atoms with E-state index in [-0.39, 0.29) is 5.91 Å². The summed E-state index contributed by atoms with van der Waals surface area (Å²) in [7, 11) is 0. The molecule has 0 bridgehead atoms. The van der Waals surface area contributed by atoms with Crippen LogP contribution in [0.2, 0.25) is 5.02 Å². The van der Waals surface area contributed by atoms with E-state index in [2.05, 4.69) is 10.3 Å². The van der Waals surface area contributed by atoms with Crippen molar-refractivity contribution in [2.45, 2.75) is 20.4 Å². The molecule has 1 aromatic carbocycles. The molecule has 0 radical (unpaired) electrons. The number of amides is 1. The SMILES string of the molecule is Cc1cc(C(=O)NCc2ccccc2Cl)c(C)[nH]1. The topological polar surface area (TPSA) is 44.9 Å². The number of nitrogens with one attached hydrogen (secondary N) is 2. The Kier molecular flexibility index (Phi) is 3.72. The summed E-state index contributed by atoms with van der Waals surface area (Å²) in [6.45, 7) is 4.25. The van der Waals surface area contributed by atoms with E-state index in [1.54, 1.807) is 0 Å². The highest BCUT2D eigenvalue weighted by Crippen LogP contribution is 2.15. The summed E-state index contributed by atoms with van der Waals surface area (Å²) in [6.07, 6.45) is 0. The lowest BCUT2D eigenvalue weighted by atomic mass is 10.2. The largest absolute Gasteiger partial charge is 0.362 e. The molecule has 2 N–H and O–H groups in total. The lowest BCUT2D eigenvalue weighted by molar-refractivity contribution is 0.0950. The molecule has 1 heterocycles. The van der Waals surface area contributed by atoms with Crippen LogP contribution in [0, 0.1) is 13.8 Å². The minimum atomic E-state index is -0.0863. The molecular formula is C14H15ClN2O. The van der Waals surface area contributed by atoms with Gasteiger partial charge in [-0.05, 0) is 31.5 Å². The van der Waals surface area contributed by atoms with Gasteiger partial charge in [0.1, 0.15) is 0 Å². The van der Waals surface area contributed by atoms with Crippen LogP contribution in [-0.2, 0) is 6.54 Å². The highest BCUT2D eigenvalue weighted by molar-refractivity contribution is 6.31. The molecule has 0 saturated heterocycles. The maximum atomic E-state index is 12.0. The molecule has 2 rings (SSSR count). The van der Waals surface area contributed by atoms with E-state index in [0.29, 0.717) is 17.1 Å². The smallest absolute Gasteiger partial charge is 0.253 e. The third kappa shape index (κ3) is 2.74. The van der Waals surface area contributed by atoms with Crippen LogP contribution in [0.15, 0.2) is 30.3 Å². The Hall–Kier alpha value is -1.74. The van der Waals surface area contributed by atoms with Crippen LogP contribution in [0.1, 0.15) is 27.3 Å². The molecule has 0 saturated carbocycles. The molecule has 0 fully saturated rings. The number of aromatic amines is 1. The van der Waals surface area contributed by atoms with Crippen LogP contribution in [0.5, 0.6) is 0 Å². The Morgan fingerprint density at radius 1 is 1.33 bits per heavy atom. The molecule has 1 aromatic heterocycles. The van der Waals surface area contributed by atoms with E-state index in [0.717, 1.165) is 17.0 Å². The minimum Gasteiger partial charge on any atom is -0.362 e. The van der Waals surface area contributed by atoms with Crippen molar-refractivity contribution in [2.75, 3.05) is 0 Å². The van der Waals surface area contributed by atoms with Gasteiger partial charge < -0.3 is 10.3 Å². The second-order valence-electron chi connectivity index (χ2n) is 4.27. The van der Waals surface area contributed by atoms with Crippen LogP contribution >= 0.6 is 11.6 Å². The fourth-order valence-corrected chi connectivity index (χ4v) is 2.07. The zero-order valence-electron chi connectivity index (χ0n) is 10.4. The molecule has 3 nitrogen and oxygen atoms in total. The molecule has 94 valence electrons. The summed E-state index contributed by atoms with van der Waals surface area (Å²) in [5.74, 6) is -0.0863. The lowest BCUT2D eigenvalue weighted by Gasteiger charge is -2.06. The Morgan fingerprint density at radius 3 is 2.67 bits per heavy atom. The minimum absolute atomic E-state index is 0.0863. The molecule has 1 amide bonds. The molecule has 4 heteroatoms. The number of hydrogen-bond donors (Lipinski definition) is 2. The summed E-state index contributed by atoms with van der Waals surface area (Å²) in [5.41, 5.74) is 3.46. The first-order chi connectivity index (χ1) is 8.58. The number of rotatable bonds is 3. The summed E-state index contributed by atoms with van der Waals surface area (Å²) in [5, 5.41) is 3.53. The van der Waals surface area contributed by atoms with Crippen LogP contribution in [0.3, 0.4) is 0 Å². The quantitative estimate of drug-likeness (QED) is 0.877. The number of hydrogen-bond acceptors (Lipinski definition) is 1. The predicted molar refractivity (Wildman–Crippen MR) is 72.9 cm³/mol. The fraction of sp³-hybridized carbons (Fsp3) is 0.214. The van der Waals surface area contributed by atoms with E-state index in [1.165, 1.54) is 0 Å². The summed E-state index contributed by atoms with van der Waals surface area (Å²) in [4.78, 5) is 15.1. The normalized spacial score (nSPS) is 10.4. The van der Waals surface area contributed by atoms with Crippen molar-refractivity contribution in [1.82, 2.24) is 10.3 Å². The highest BCUT2D eigenvalue weighted by Gasteiger charge is 2.11. The van der Waals surface area contributed by atoms with Gasteiger partial charge in [-0.1, -0.05) is 29.8 Å². The van der Waals surface area contributed by atoms with Crippen LogP contribution < -0.4 is 5.32 Å². The van der Waals surface area contributed by atoms with Gasteiger partial charge in [0.05, 0.1) is 5.56 Å². The van der Waals surface area contributed by atoms with Crippen LogP contribution in [0.25, 0.3) is 0 Å². The van der Waals surface area contributed by atoms with Crippen molar-refractivity contribution in [3.05, 3.63) is 57.9 Å². The molecule has 0 aliphatic carbocycles. The molecule has 0 aliphatic heterocycles. The maximum Gasteiger partial charge on any atom is 0.253 e. The van der Waals surface area contributed by atoms with Gasteiger partial charge in [-0.15, -0.1) is 0 Å². The van der Waals surface area contributed by atoms with E-state index >= 15 is 0 Å². The van der Waals surface area contributed by atoms with E-state index in [1.807, 2.05) is 44.2 Å². The number of carbonyl (C=O) groups excluding carboxylic acids is 1. The van der Waals surface area contributed by atoms with Gasteiger partial charge in [0.15, 0.2) is 0 Å². The number of H-pyrrole nitrogens is 1. The number of aromatic nitrogens is 1. The standard InChI is InChI=1S/C14H15ClN2O/c1-9-7-12(10(2)17-9)14(18)16-8-11-5-3-4-6-13(11)15/h3-7,17H,8H2,1-2H3,(H,16,18). The van der Waals surface area contributed by atoms with Gasteiger partial charge in [0.2, 0.25) is 0 Å². The number of carbonyl (C=O) groups is 1. The summed E-state index contributed by atoms with van der Waals surface area (Å²) in [6, 6.07) is 9.33. The molecule has 0 spiro atoms. The summed E-state index contributed by atoms with van der Waals surface area (Å²) < 4.78 is 0. The monoisotopic (exact) mass is 262 g/mol. The molecule has 18 heavy (non-hydrogen) atoms. The first kappa shape index (κ1) is 12.7. The molecule has 0 aliphatic rings. The predicted octanol–water partition coefficient (Wildman–Crippen LogP) is 3.21. The Bertz CT molecular complexity index is 575. The Labute approximate surface area is 111 Å². The summed E-state index contributed by atoms with van der Waals surface area (Å²) >= 11 is 6.03. The Morgan fingerprint density at radius 2 is 2.06 bits per heavy atom. The molecule has 0 unspecified atom stereocenters. The average molecular weight is 263 g/mol. The van der Waals surface area contributed by atoms with Crippen molar-refractivity contribution in [2.24, 2.45) is 0 Å². The van der Waals surface area contributed by atoms with Gasteiger partial charge >= 0.3 is 0 Å². The number of benzene rings is 1. The zero-order chi connectivity index (χ0) is 13.1. The maximum absolute atomic E-state index is 12.0. The Balaban J connectivity index is 2.05. The van der Waals surface area contributed by atoms with E-state index in [9.17, 15) is 4.79 Å². The number of aryl methyl sites for hydroxylation is 2. The molecule has 0 atom stereocenters. The fourth-order valence-electron chi connectivity index (χ4n) is 1.87. The highest BCUT2D eigenvalue weighted by atomic mass is 35.5. The van der Waals surface area contributed by atoms with Crippen molar-refractivity contribution in [1.29, 1.82) is 0 Å². The van der Waals surface area contributed by atoms with Gasteiger partial charge in [-0.25, -0.2) is 0 Å². The third-order valence-corrected chi connectivity index (χ3v) is 3.16. The van der Waals surface area contributed by atoms with Gasteiger partial charge in [-0.3, -0.25) is 4.79 Å². The first-order valence-corrected chi connectivity index (χ1v) is 6.13. The molecule has 2 aromatic rings. The van der Waals surface area contributed by atoms with Crippen molar-refractivity contribution >= 4 is 17.5 Å². The number of halogens is 1. The van der Waals surface area contributed by atoms with E-state index in [4.69, 9.17) is 11.6 Å². The van der Waals surface area contributed by atoms with Gasteiger partial charge in [-0.2, -0.15) is 0 Å². The zero-order valence-corrected chi connectivity index (χ0v) is 11.1. The average Bonchev–Trinajstić information content (AvgIpc) is 2.67. The van der Waals surface area contributed by atoms with Gasteiger partial charge in [0.25, 0.3) is 5.91 Å². The third-order valence-electron chi connectivity index (χ3n) is 2.79. The van der Waals surface area contributed by atoms with Crippen LogP contribution in [0.4, 0.5) is 0 Å². The van der Waals surface area contributed by atoms with E-state index < -0.39 is 0 Å². The molecular weight excluding hydrogens is 248 g/mol. The second-order valence-corrected chi connectivity index (χ2v) is 4.67. The van der Waals surface area contributed by atoms with Crippen molar-refractivity contribution in [3.63, 3.8) is 0 Å². The van der Waals surface area contributed by atoms with Crippen molar-refractivity contribution in [3.8, 4) is 0 Å². The van der Waals surface area contributed by atoms with Crippen LogP contribution in [-0.4, -0.2) is 10.9 Å². The van der Waals surface area contributed by atoms with Crippen molar-refractivity contribution < 1.29 is 4.79 Å². The first-order valence-electron chi connectivity index (χ1n) is 5.75. The van der Waals surface area contributed by atoms with Gasteiger partial charge in [0, 0.05) is 23.0 Å². The lowest BCUT2D eigenvalue weighted by Crippen LogP contribution is -2.23. The second kappa shape index (κ2) is 5.27.